The lowest BCUT2D eigenvalue weighted by Crippen LogP contribution is -2.36. The van der Waals surface area contributed by atoms with Gasteiger partial charge in [-0.3, -0.25) is 4.79 Å². The Balaban J connectivity index is 1.72. The Kier molecular flexibility index (Phi) is 5.61. The maximum Gasteiger partial charge on any atom is 0.240 e. The number of carbonyl (C=O) groups excluding carboxylic acids is 1. The Bertz CT molecular complexity index is 870. The molecule has 0 saturated carbocycles. The summed E-state index contributed by atoms with van der Waals surface area (Å²) in [4.78, 5) is 14.7. The molecule has 0 aliphatic heterocycles. The average Bonchev–Trinajstić information content (AvgIpc) is 3.19. The third-order valence-corrected chi connectivity index (χ3v) is 6.20. The van der Waals surface area contributed by atoms with Crippen molar-refractivity contribution in [1.29, 1.82) is 0 Å². The fraction of sp³-hybridized carbons (Fsp3) is 0.316. The number of aromatic nitrogens is 1. The van der Waals surface area contributed by atoms with Crippen molar-refractivity contribution >= 4 is 44.1 Å². The van der Waals surface area contributed by atoms with E-state index in [0.29, 0.717) is 13.1 Å². The zero-order valence-electron chi connectivity index (χ0n) is 14.6. The molecule has 0 aliphatic carbocycles. The predicted molar refractivity (Wildman–Crippen MR) is 108 cm³/mol. The molecule has 1 atom stereocenters. The van der Waals surface area contributed by atoms with Crippen molar-refractivity contribution in [2.75, 3.05) is 20.6 Å². The molecule has 1 amide bonds. The van der Waals surface area contributed by atoms with Gasteiger partial charge in [0.2, 0.25) is 5.91 Å². The molecule has 0 bridgehead atoms. The van der Waals surface area contributed by atoms with E-state index in [9.17, 15) is 4.79 Å². The number of amides is 1. The van der Waals surface area contributed by atoms with E-state index in [0.717, 1.165) is 21.1 Å². The van der Waals surface area contributed by atoms with E-state index >= 15 is 0 Å². The summed E-state index contributed by atoms with van der Waals surface area (Å²) < 4.78 is 3.12. The van der Waals surface area contributed by atoms with Crippen LogP contribution in [0.3, 0.4) is 0 Å². The highest BCUT2D eigenvalue weighted by Gasteiger charge is 2.17. The van der Waals surface area contributed by atoms with Crippen LogP contribution < -0.4 is 5.32 Å². The molecule has 0 aliphatic rings. The molecule has 0 saturated heterocycles. The van der Waals surface area contributed by atoms with Crippen LogP contribution in [0.5, 0.6) is 0 Å². The van der Waals surface area contributed by atoms with Crippen LogP contribution in [0.25, 0.3) is 10.9 Å². The van der Waals surface area contributed by atoms with Crippen molar-refractivity contribution in [2.45, 2.75) is 19.5 Å². The van der Waals surface area contributed by atoms with E-state index < -0.39 is 0 Å². The molecule has 1 N–H and O–H groups in total. The average molecular weight is 420 g/mol. The second-order valence-corrected chi connectivity index (χ2v) is 7.92. The predicted octanol–water partition coefficient (Wildman–Crippen LogP) is 4.19. The Morgan fingerprint density at radius 1 is 1.32 bits per heavy atom. The first kappa shape index (κ1) is 18.2. The summed E-state index contributed by atoms with van der Waals surface area (Å²) in [5, 5.41) is 8.43. The topological polar surface area (TPSA) is 37.3 Å². The van der Waals surface area contributed by atoms with Crippen molar-refractivity contribution in [3.8, 4) is 0 Å². The molecule has 1 unspecified atom stereocenters. The van der Waals surface area contributed by atoms with Crippen LogP contribution in [-0.4, -0.2) is 36.0 Å². The van der Waals surface area contributed by atoms with Gasteiger partial charge in [-0.2, -0.15) is 11.3 Å². The lowest BCUT2D eigenvalue weighted by Gasteiger charge is -2.24. The first-order valence-electron chi connectivity index (χ1n) is 8.17. The van der Waals surface area contributed by atoms with Crippen LogP contribution in [0.4, 0.5) is 0 Å². The molecule has 25 heavy (non-hydrogen) atoms. The molecular formula is C19H22BrN3OS. The number of benzene rings is 1. The SMILES string of the molecule is Cc1c(Br)c2ccccc2n1CC(=O)NCC(c1ccsc1)N(C)C. The molecule has 1 aromatic carbocycles. The van der Waals surface area contributed by atoms with Gasteiger partial charge in [-0.1, -0.05) is 18.2 Å². The highest BCUT2D eigenvalue weighted by molar-refractivity contribution is 9.10. The van der Waals surface area contributed by atoms with Crippen LogP contribution >= 0.6 is 27.3 Å². The first-order valence-corrected chi connectivity index (χ1v) is 9.91. The zero-order valence-corrected chi connectivity index (χ0v) is 17.0. The standard InChI is InChI=1S/C19H22BrN3OS/c1-13-19(20)15-6-4-5-7-16(15)23(13)11-18(24)21-10-17(22(2)3)14-8-9-25-12-14/h4-9,12,17H,10-11H2,1-3H3,(H,21,24). The van der Waals surface area contributed by atoms with Crippen LogP contribution in [0.15, 0.2) is 45.6 Å². The number of carbonyl (C=O) groups is 1. The summed E-state index contributed by atoms with van der Waals surface area (Å²) in [6, 6.07) is 10.4. The second kappa shape index (κ2) is 7.72. The maximum absolute atomic E-state index is 12.6. The number of fused-ring (bicyclic) bond motifs is 1. The van der Waals surface area contributed by atoms with E-state index in [1.807, 2.05) is 39.2 Å². The highest BCUT2D eigenvalue weighted by Crippen LogP contribution is 2.30. The molecule has 2 aromatic heterocycles. The minimum absolute atomic E-state index is 0.0263. The molecule has 0 radical (unpaired) electrons. The fourth-order valence-corrected chi connectivity index (χ4v) is 4.32. The monoisotopic (exact) mass is 419 g/mol. The zero-order chi connectivity index (χ0) is 18.0. The van der Waals surface area contributed by atoms with Gasteiger partial charge in [-0.05, 0) is 65.4 Å². The Morgan fingerprint density at radius 2 is 2.08 bits per heavy atom. The molecule has 132 valence electrons. The molecule has 0 fully saturated rings. The van der Waals surface area contributed by atoms with Gasteiger partial charge in [-0.15, -0.1) is 0 Å². The van der Waals surface area contributed by atoms with Crippen molar-refractivity contribution in [1.82, 2.24) is 14.8 Å². The third kappa shape index (κ3) is 3.81. The summed E-state index contributed by atoms with van der Waals surface area (Å²) in [7, 11) is 4.07. The number of nitrogens with zero attached hydrogens (tertiary/aromatic N) is 2. The van der Waals surface area contributed by atoms with Crippen LogP contribution in [0, 0.1) is 6.92 Å². The van der Waals surface area contributed by atoms with E-state index in [2.05, 4.69) is 53.6 Å². The van der Waals surface area contributed by atoms with Crippen molar-refractivity contribution < 1.29 is 4.79 Å². The number of nitrogens with one attached hydrogen (secondary N) is 1. The normalized spacial score (nSPS) is 12.7. The summed E-state index contributed by atoms with van der Waals surface area (Å²) in [5.74, 6) is 0.0263. The minimum atomic E-state index is 0.0263. The third-order valence-electron chi connectivity index (χ3n) is 4.50. The van der Waals surface area contributed by atoms with Gasteiger partial charge < -0.3 is 14.8 Å². The van der Waals surface area contributed by atoms with Crippen LogP contribution in [0.1, 0.15) is 17.3 Å². The van der Waals surface area contributed by atoms with E-state index in [4.69, 9.17) is 0 Å². The van der Waals surface area contributed by atoms with E-state index in [-0.39, 0.29) is 11.9 Å². The molecule has 0 spiro atoms. The second-order valence-electron chi connectivity index (χ2n) is 6.34. The quantitative estimate of drug-likeness (QED) is 0.649. The number of thiophene rings is 1. The summed E-state index contributed by atoms with van der Waals surface area (Å²) in [6.45, 7) is 2.95. The molecule has 4 nitrogen and oxygen atoms in total. The Hall–Kier alpha value is -1.63. The van der Waals surface area contributed by atoms with E-state index in [1.165, 1.54) is 5.56 Å². The van der Waals surface area contributed by atoms with E-state index in [1.54, 1.807) is 11.3 Å². The summed E-state index contributed by atoms with van der Waals surface area (Å²) in [6.07, 6.45) is 0. The minimum Gasteiger partial charge on any atom is -0.353 e. The van der Waals surface area contributed by atoms with Crippen LogP contribution in [-0.2, 0) is 11.3 Å². The molecular weight excluding hydrogens is 398 g/mol. The van der Waals surface area contributed by atoms with Crippen molar-refractivity contribution in [3.05, 3.63) is 56.8 Å². The highest BCUT2D eigenvalue weighted by atomic mass is 79.9. The number of hydrogen-bond donors (Lipinski definition) is 1. The van der Waals surface area contributed by atoms with Gasteiger partial charge in [0.05, 0.1) is 6.04 Å². The number of likely N-dealkylation sites (N-methyl/N-ethyl adjacent to an activating group) is 1. The smallest absolute Gasteiger partial charge is 0.240 e. The number of para-hydroxylation sites is 1. The number of hydrogen-bond acceptors (Lipinski definition) is 3. The molecule has 6 heteroatoms. The first-order chi connectivity index (χ1) is 12.0. The van der Waals surface area contributed by atoms with Gasteiger partial charge in [0.25, 0.3) is 0 Å². The Labute approximate surface area is 160 Å². The lowest BCUT2D eigenvalue weighted by molar-refractivity contribution is -0.121. The summed E-state index contributed by atoms with van der Waals surface area (Å²) >= 11 is 5.32. The van der Waals surface area contributed by atoms with Crippen LogP contribution in [0.2, 0.25) is 0 Å². The lowest BCUT2D eigenvalue weighted by atomic mass is 10.1. The van der Waals surface area contributed by atoms with Gasteiger partial charge in [0.15, 0.2) is 0 Å². The fourth-order valence-electron chi connectivity index (χ4n) is 3.07. The summed E-state index contributed by atoms with van der Waals surface area (Å²) in [5.41, 5.74) is 3.38. The largest absolute Gasteiger partial charge is 0.353 e. The van der Waals surface area contributed by atoms with Gasteiger partial charge in [0.1, 0.15) is 6.54 Å². The molecule has 3 aromatic rings. The van der Waals surface area contributed by atoms with Gasteiger partial charge in [0, 0.05) is 27.6 Å². The molecule has 3 rings (SSSR count). The molecule has 2 heterocycles. The van der Waals surface area contributed by atoms with Gasteiger partial charge in [-0.25, -0.2) is 0 Å². The van der Waals surface area contributed by atoms with Gasteiger partial charge >= 0.3 is 0 Å². The number of rotatable bonds is 6. The van der Waals surface area contributed by atoms with Crippen molar-refractivity contribution in [2.24, 2.45) is 0 Å². The maximum atomic E-state index is 12.6. The Morgan fingerprint density at radius 3 is 2.76 bits per heavy atom. The number of halogens is 1. The van der Waals surface area contributed by atoms with Crippen molar-refractivity contribution in [3.63, 3.8) is 0 Å².